The van der Waals surface area contributed by atoms with Gasteiger partial charge >= 0.3 is 0 Å². The van der Waals surface area contributed by atoms with Crippen molar-refractivity contribution in [3.8, 4) is 0 Å². The van der Waals surface area contributed by atoms with Crippen molar-refractivity contribution < 1.29 is 4.79 Å². The van der Waals surface area contributed by atoms with Gasteiger partial charge in [0.05, 0.1) is 0 Å². The summed E-state index contributed by atoms with van der Waals surface area (Å²) in [6.07, 6.45) is 4.37. The molecule has 0 bridgehead atoms. The summed E-state index contributed by atoms with van der Waals surface area (Å²) in [5.41, 5.74) is 2.53. The highest BCUT2D eigenvalue weighted by Gasteiger charge is 2.24. The first-order valence-electron chi connectivity index (χ1n) is 9.93. The summed E-state index contributed by atoms with van der Waals surface area (Å²) in [6.45, 7) is 11.4. The topological polar surface area (TPSA) is 44.4 Å². The predicted octanol–water partition coefficient (Wildman–Crippen LogP) is 3.73. The molecule has 0 aliphatic carbocycles. The Bertz CT molecular complexity index is 538. The van der Waals surface area contributed by atoms with Gasteiger partial charge in [-0.3, -0.25) is 9.69 Å². The van der Waals surface area contributed by atoms with Crippen molar-refractivity contribution in [1.82, 2.24) is 15.5 Å². The van der Waals surface area contributed by atoms with Gasteiger partial charge in [-0.05, 0) is 56.9 Å². The number of carbonyl (C=O) groups is 1. The van der Waals surface area contributed by atoms with E-state index in [1.54, 1.807) is 0 Å². The molecule has 1 aliphatic heterocycles. The Morgan fingerprint density at radius 2 is 2.08 bits per heavy atom. The minimum Gasteiger partial charge on any atom is -0.352 e. The van der Waals surface area contributed by atoms with Gasteiger partial charge in [-0.25, -0.2) is 0 Å². The Labute approximate surface area is 165 Å². The van der Waals surface area contributed by atoms with Gasteiger partial charge in [0.15, 0.2) is 0 Å². The van der Waals surface area contributed by atoms with E-state index < -0.39 is 0 Å². The molecular formula is C21H36ClN3O. The molecule has 1 saturated heterocycles. The molecular weight excluding hydrogens is 346 g/mol. The molecule has 1 aromatic rings. The first-order chi connectivity index (χ1) is 12.1. The average molecular weight is 382 g/mol. The minimum absolute atomic E-state index is 0. The third-order valence-corrected chi connectivity index (χ3v) is 5.13. The number of hydrogen-bond donors (Lipinski definition) is 2. The van der Waals surface area contributed by atoms with Crippen molar-refractivity contribution in [1.29, 1.82) is 0 Å². The van der Waals surface area contributed by atoms with Gasteiger partial charge in [-0.2, -0.15) is 0 Å². The van der Waals surface area contributed by atoms with Gasteiger partial charge in [-0.15, -0.1) is 12.4 Å². The summed E-state index contributed by atoms with van der Waals surface area (Å²) in [5.74, 6) is 0.362. The molecule has 1 fully saturated rings. The average Bonchev–Trinajstić information content (AvgIpc) is 2.63. The molecule has 2 N–H and O–H groups in total. The van der Waals surface area contributed by atoms with Gasteiger partial charge in [0.2, 0.25) is 5.91 Å². The van der Waals surface area contributed by atoms with Crippen LogP contribution in [0.4, 0.5) is 0 Å². The maximum absolute atomic E-state index is 12.4. The summed E-state index contributed by atoms with van der Waals surface area (Å²) in [7, 11) is 0. The largest absolute Gasteiger partial charge is 0.352 e. The van der Waals surface area contributed by atoms with Crippen LogP contribution in [0.3, 0.4) is 0 Å². The lowest BCUT2D eigenvalue weighted by atomic mass is 9.92. The van der Waals surface area contributed by atoms with Crippen LogP contribution in [0.2, 0.25) is 0 Å². The van der Waals surface area contributed by atoms with E-state index in [0.29, 0.717) is 12.6 Å². The molecule has 1 amide bonds. The Hall–Kier alpha value is -1.10. The van der Waals surface area contributed by atoms with Crippen LogP contribution >= 0.6 is 12.4 Å². The number of nitrogens with one attached hydrogen (secondary N) is 2. The standard InChI is InChI=1S/C21H35N3O.ClH/c1-4-6-12-24(5-2)16-19-9-7-8-18(14-19)15-23-21(25)20-10-11-22-17(3)13-20;/h7-9,14,17,20,22H,4-6,10-13,15-16H2,1-3H3,(H,23,25);1H/t17-,20-;/m0./s1. The smallest absolute Gasteiger partial charge is 0.223 e. The second kappa shape index (κ2) is 12.3. The Balaban J connectivity index is 0.00000338. The van der Waals surface area contributed by atoms with E-state index in [-0.39, 0.29) is 24.2 Å². The lowest BCUT2D eigenvalue weighted by Gasteiger charge is -2.27. The van der Waals surface area contributed by atoms with Gasteiger partial charge in [-0.1, -0.05) is 44.5 Å². The van der Waals surface area contributed by atoms with Crippen LogP contribution < -0.4 is 10.6 Å². The summed E-state index contributed by atoms with van der Waals surface area (Å²) >= 11 is 0. The lowest BCUT2D eigenvalue weighted by Crippen LogP contribution is -2.42. The number of piperidine rings is 1. The Morgan fingerprint density at radius 1 is 1.31 bits per heavy atom. The van der Waals surface area contributed by atoms with E-state index in [1.807, 2.05) is 0 Å². The summed E-state index contributed by atoms with van der Waals surface area (Å²) in [4.78, 5) is 14.9. The monoisotopic (exact) mass is 381 g/mol. The molecule has 0 saturated carbocycles. The molecule has 148 valence electrons. The number of nitrogens with zero attached hydrogens (tertiary/aromatic N) is 1. The van der Waals surface area contributed by atoms with Crippen LogP contribution in [-0.2, 0) is 17.9 Å². The number of halogens is 1. The van der Waals surface area contributed by atoms with E-state index in [2.05, 4.69) is 60.6 Å². The molecule has 2 rings (SSSR count). The SMILES string of the molecule is CCCCN(CC)Cc1cccc(CNC(=O)[C@H]2CCN[C@@H](C)C2)c1.Cl. The Kier molecular flexibility index (Phi) is 10.9. The van der Waals surface area contributed by atoms with E-state index in [4.69, 9.17) is 0 Å². The van der Waals surface area contributed by atoms with Crippen LogP contribution in [0.15, 0.2) is 24.3 Å². The van der Waals surface area contributed by atoms with Gasteiger partial charge in [0.25, 0.3) is 0 Å². The number of rotatable bonds is 9. The summed E-state index contributed by atoms with van der Waals surface area (Å²) in [5, 5.41) is 6.54. The van der Waals surface area contributed by atoms with Crippen molar-refractivity contribution in [3.05, 3.63) is 35.4 Å². The molecule has 0 unspecified atom stereocenters. The minimum atomic E-state index is 0. The third kappa shape index (κ3) is 7.65. The second-order valence-corrected chi connectivity index (χ2v) is 7.34. The molecule has 1 aromatic carbocycles. The zero-order valence-corrected chi connectivity index (χ0v) is 17.4. The third-order valence-electron chi connectivity index (χ3n) is 5.13. The zero-order chi connectivity index (χ0) is 18.1. The van der Waals surface area contributed by atoms with Gasteiger partial charge in [0.1, 0.15) is 0 Å². The number of hydrogen-bond acceptors (Lipinski definition) is 3. The predicted molar refractivity (Wildman–Crippen MR) is 112 cm³/mol. The Morgan fingerprint density at radius 3 is 2.77 bits per heavy atom. The van der Waals surface area contributed by atoms with Crippen LogP contribution in [-0.4, -0.2) is 36.5 Å². The fourth-order valence-corrected chi connectivity index (χ4v) is 3.53. The van der Waals surface area contributed by atoms with E-state index in [0.717, 1.165) is 39.0 Å². The normalized spacial score (nSPS) is 19.8. The highest BCUT2D eigenvalue weighted by atomic mass is 35.5. The van der Waals surface area contributed by atoms with Crippen LogP contribution in [0.5, 0.6) is 0 Å². The first kappa shape index (κ1) is 22.9. The molecule has 0 spiro atoms. The summed E-state index contributed by atoms with van der Waals surface area (Å²) < 4.78 is 0. The van der Waals surface area contributed by atoms with E-state index >= 15 is 0 Å². The number of benzene rings is 1. The zero-order valence-electron chi connectivity index (χ0n) is 16.6. The second-order valence-electron chi connectivity index (χ2n) is 7.34. The summed E-state index contributed by atoms with van der Waals surface area (Å²) in [6, 6.07) is 9.08. The molecule has 1 aliphatic rings. The molecule has 26 heavy (non-hydrogen) atoms. The van der Waals surface area contributed by atoms with Crippen LogP contribution in [0.1, 0.15) is 57.6 Å². The van der Waals surface area contributed by atoms with Crippen LogP contribution in [0, 0.1) is 5.92 Å². The first-order valence-corrected chi connectivity index (χ1v) is 9.93. The van der Waals surface area contributed by atoms with E-state index in [1.165, 1.54) is 24.0 Å². The molecule has 2 atom stereocenters. The van der Waals surface area contributed by atoms with Crippen molar-refractivity contribution >= 4 is 18.3 Å². The number of unbranched alkanes of at least 4 members (excludes halogenated alkanes) is 1. The van der Waals surface area contributed by atoms with Crippen molar-refractivity contribution in [2.24, 2.45) is 5.92 Å². The van der Waals surface area contributed by atoms with E-state index in [9.17, 15) is 4.79 Å². The number of carbonyl (C=O) groups excluding carboxylic acids is 1. The highest BCUT2D eigenvalue weighted by Crippen LogP contribution is 2.16. The molecule has 5 heteroatoms. The van der Waals surface area contributed by atoms with Crippen molar-refractivity contribution in [2.45, 2.75) is 65.6 Å². The lowest BCUT2D eigenvalue weighted by molar-refractivity contribution is -0.126. The van der Waals surface area contributed by atoms with Crippen LogP contribution in [0.25, 0.3) is 0 Å². The van der Waals surface area contributed by atoms with Crippen molar-refractivity contribution in [3.63, 3.8) is 0 Å². The maximum atomic E-state index is 12.4. The quantitative estimate of drug-likeness (QED) is 0.684. The molecule has 4 nitrogen and oxygen atoms in total. The maximum Gasteiger partial charge on any atom is 0.223 e. The van der Waals surface area contributed by atoms with Crippen molar-refractivity contribution in [2.75, 3.05) is 19.6 Å². The van der Waals surface area contributed by atoms with Gasteiger partial charge < -0.3 is 10.6 Å². The number of amides is 1. The fraction of sp³-hybridized carbons (Fsp3) is 0.667. The highest BCUT2D eigenvalue weighted by molar-refractivity contribution is 5.85. The molecule has 0 aromatic heterocycles. The molecule has 0 radical (unpaired) electrons. The molecule has 1 heterocycles. The van der Waals surface area contributed by atoms with Gasteiger partial charge in [0, 0.05) is 25.0 Å². The fourth-order valence-electron chi connectivity index (χ4n) is 3.53.